The van der Waals surface area contributed by atoms with E-state index in [2.05, 4.69) is 11.9 Å². The van der Waals surface area contributed by atoms with Crippen molar-refractivity contribution in [3.05, 3.63) is 0 Å². The number of rotatable bonds is 1. The van der Waals surface area contributed by atoms with E-state index in [0.29, 0.717) is 6.54 Å². The average Bonchev–Trinajstić information content (AvgIpc) is 2.45. The molecule has 0 radical (unpaired) electrons. The predicted molar refractivity (Wildman–Crippen MR) is 51.9 cm³/mol. The number of Topliss-reactive ketones (excluding diaryl/α,β-unsaturated/α-hetero) is 1. The Hall–Kier alpha value is -0.900. The molecule has 2 rings (SSSR count). The summed E-state index contributed by atoms with van der Waals surface area (Å²) in [6.07, 6.45) is 2.29. The molecule has 1 unspecified atom stereocenters. The molecule has 2 saturated heterocycles. The number of piperidine rings is 1. The van der Waals surface area contributed by atoms with Crippen LogP contribution in [0.4, 0.5) is 0 Å². The van der Waals surface area contributed by atoms with Crippen molar-refractivity contribution in [2.24, 2.45) is 0 Å². The van der Waals surface area contributed by atoms with Gasteiger partial charge in [0.2, 0.25) is 5.91 Å². The van der Waals surface area contributed by atoms with Crippen molar-refractivity contribution < 1.29 is 9.59 Å². The van der Waals surface area contributed by atoms with Gasteiger partial charge in [0.25, 0.3) is 0 Å². The summed E-state index contributed by atoms with van der Waals surface area (Å²) in [5.41, 5.74) is 0. The van der Waals surface area contributed by atoms with Crippen molar-refractivity contribution in [1.82, 2.24) is 9.80 Å². The molecule has 0 aliphatic carbocycles. The minimum Gasteiger partial charge on any atom is -0.331 e. The molecule has 0 aromatic rings. The van der Waals surface area contributed by atoms with Gasteiger partial charge in [0.05, 0.1) is 13.0 Å². The zero-order chi connectivity index (χ0) is 10.1. The minimum atomic E-state index is 0.0234. The second-order valence-electron chi connectivity index (χ2n) is 4.30. The van der Waals surface area contributed by atoms with Crippen molar-refractivity contribution in [3.8, 4) is 0 Å². The first-order valence-corrected chi connectivity index (χ1v) is 5.16. The van der Waals surface area contributed by atoms with Crippen LogP contribution in [-0.4, -0.2) is 54.2 Å². The van der Waals surface area contributed by atoms with E-state index in [1.807, 2.05) is 0 Å². The maximum absolute atomic E-state index is 11.5. The molecule has 4 heteroatoms. The van der Waals surface area contributed by atoms with Gasteiger partial charge in [0, 0.05) is 12.6 Å². The van der Waals surface area contributed by atoms with Gasteiger partial charge in [-0.2, -0.15) is 0 Å². The van der Waals surface area contributed by atoms with E-state index in [1.54, 1.807) is 4.90 Å². The summed E-state index contributed by atoms with van der Waals surface area (Å²) in [7, 11) is 2.06. The number of carbonyl (C=O) groups excluding carboxylic acids is 2. The standard InChI is InChI=1S/C10H16N2O2/c1-11-4-2-3-8(6-11)12-7-9(13)5-10(12)14/h8H,2-7H2,1H3. The van der Waals surface area contributed by atoms with Gasteiger partial charge in [0.15, 0.2) is 5.78 Å². The molecule has 0 spiro atoms. The number of hydrogen-bond acceptors (Lipinski definition) is 3. The van der Waals surface area contributed by atoms with Crippen molar-refractivity contribution in [1.29, 1.82) is 0 Å². The molecule has 2 fully saturated rings. The zero-order valence-electron chi connectivity index (χ0n) is 8.53. The highest BCUT2D eigenvalue weighted by molar-refractivity contribution is 6.05. The lowest BCUT2D eigenvalue weighted by Crippen LogP contribution is -2.47. The molecule has 0 bridgehead atoms. The van der Waals surface area contributed by atoms with Gasteiger partial charge in [-0.3, -0.25) is 9.59 Å². The number of nitrogens with zero attached hydrogens (tertiary/aromatic N) is 2. The van der Waals surface area contributed by atoms with Crippen LogP contribution >= 0.6 is 0 Å². The van der Waals surface area contributed by atoms with Crippen LogP contribution < -0.4 is 0 Å². The van der Waals surface area contributed by atoms with Crippen LogP contribution in [0.25, 0.3) is 0 Å². The van der Waals surface area contributed by atoms with E-state index < -0.39 is 0 Å². The Labute approximate surface area is 83.9 Å². The molecule has 0 aromatic heterocycles. The Morgan fingerprint density at radius 3 is 2.71 bits per heavy atom. The fourth-order valence-corrected chi connectivity index (χ4v) is 2.33. The molecule has 2 aliphatic rings. The Kier molecular flexibility index (Phi) is 2.54. The number of carbonyl (C=O) groups is 2. The Balaban J connectivity index is 2.00. The van der Waals surface area contributed by atoms with Gasteiger partial charge in [-0.05, 0) is 26.4 Å². The Morgan fingerprint density at radius 1 is 1.36 bits per heavy atom. The zero-order valence-corrected chi connectivity index (χ0v) is 8.53. The first kappa shape index (κ1) is 9.65. The second kappa shape index (κ2) is 3.69. The topological polar surface area (TPSA) is 40.6 Å². The maximum atomic E-state index is 11.5. The molecular formula is C10H16N2O2. The summed E-state index contributed by atoms with van der Waals surface area (Å²) in [4.78, 5) is 26.6. The van der Waals surface area contributed by atoms with E-state index in [9.17, 15) is 9.59 Å². The van der Waals surface area contributed by atoms with Gasteiger partial charge in [-0.25, -0.2) is 0 Å². The van der Waals surface area contributed by atoms with Crippen molar-refractivity contribution in [2.75, 3.05) is 26.7 Å². The molecule has 78 valence electrons. The number of likely N-dealkylation sites (N-methyl/N-ethyl adjacent to an activating group) is 1. The van der Waals surface area contributed by atoms with Gasteiger partial charge in [0.1, 0.15) is 0 Å². The summed E-state index contributed by atoms with van der Waals surface area (Å²) in [5, 5.41) is 0. The Bertz CT molecular complexity index is 265. The van der Waals surface area contributed by atoms with Gasteiger partial charge in [-0.1, -0.05) is 0 Å². The number of hydrogen-bond donors (Lipinski definition) is 0. The molecule has 2 aliphatic heterocycles. The first-order chi connectivity index (χ1) is 6.66. The van der Waals surface area contributed by atoms with E-state index >= 15 is 0 Å². The highest BCUT2D eigenvalue weighted by Crippen LogP contribution is 2.19. The summed E-state index contributed by atoms with van der Waals surface area (Å²) >= 11 is 0. The van der Waals surface area contributed by atoms with Crippen LogP contribution in [0.5, 0.6) is 0 Å². The van der Waals surface area contributed by atoms with Crippen LogP contribution in [0.1, 0.15) is 19.3 Å². The molecule has 4 nitrogen and oxygen atoms in total. The van der Waals surface area contributed by atoms with E-state index in [1.165, 1.54) is 0 Å². The van der Waals surface area contributed by atoms with Gasteiger partial charge < -0.3 is 9.80 Å². The van der Waals surface area contributed by atoms with Crippen molar-refractivity contribution >= 4 is 11.7 Å². The highest BCUT2D eigenvalue weighted by atomic mass is 16.2. The van der Waals surface area contributed by atoms with Crippen LogP contribution in [0, 0.1) is 0 Å². The third kappa shape index (κ3) is 1.80. The van der Waals surface area contributed by atoms with Crippen LogP contribution in [0.15, 0.2) is 0 Å². The van der Waals surface area contributed by atoms with Crippen molar-refractivity contribution in [3.63, 3.8) is 0 Å². The maximum Gasteiger partial charge on any atom is 0.230 e. The first-order valence-electron chi connectivity index (χ1n) is 5.16. The molecule has 0 saturated carbocycles. The third-order valence-electron chi connectivity index (χ3n) is 3.06. The quantitative estimate of drug-likeness (QED) is 0.549. The summed E-state index contributed by atoms with van der Waals surface area (Å²) in [6.45, 7) is 2.36. The molecule has 0 aromatic carbocycles. The number of ketones is 1. The predicted octanol–water partition coefficient (Wildman–Crippen LogP) is -0.118. The molecule has 0 N–H and O–H groups in total. The SMILES string of the molecule is CN1CCCC(N2CC(=O)CC2=O)C1. The van der Waals surface area contributed by atoms with Crippen molar-refractivity contribution in [2.45, 2.75) is 25.3 Å². The normalized spacial score (nSPS) is 30.1. The average molecular weight is 196 g/mol. The Morgan fingerprint density at radius 2 is 2.14 bits per heavy atom. The van der Waals surface area contributed by atoms with E-state index in [4.69, 9.17) is 0 Å². The van der Waals surface area contributed by atoms with Gasteiger partial charge in [-0.15, -0.1) is 0 Å². The molecule has 14 heavy (non-hydrogen) atoms. The molecule has 2 heterocycles. The van der Waals surface area contributed by atoms with E-state index in [0.717, 1.165) is 25.9 Å². The smallest absolute Gasteiger partial charge is 0.230 e. The minimum absolute atomic E-state index is 0.0234. The summed E-state index contributed by atoms with van der Waals surface area (Å²) < 4.78 is 0. The fraction of sp³-hybridized carbons (Fsp3) is 0.800. The summed E-state index contributed by atoms with van der Waals surface area (Å²) in [5.74, 6) is 0.0959. The number of amides is 1. The highest BCUT2D eigenvalue weighted by Gasteiger charge is 2.34. The van der Waals surface area contributed by atoms with Crippen LogP contribution in [0.3, 0.4) is 0 Å². The lowest BCUT2D eigenvalue weighted by atomic mass is 10.1. The van der Waals surface area contributed by atoms with Crippen LogP contribution in [0.2, 0.25) is 0 Å². The van der Waals surface area contributed by atoms with Gasteiger partial charge >= 0.3 is 0 Å². The monoisotopic (exact) mass is 196 g/mol. The molecule has 1 atom stereocenters. The second-order valence-corrected chi connectivity index (χ2v) is 4.30. The van der Waals surface area contributed by atoms with Crippen LogP contribution in [-0.2, 0) is 9.59 Å². The lowest BCUT2D eigenvalue weighted by molar-refractivity contribution is -0.130. The fourth-order valence-electron chi connectivity index (χ4n) is 2.33. The molecule has 1 amide bonds. The largest absolute Gasteiger partial charge is 0.331 e. The number of likely N-dealkylation sites (tertiary alicyclic amines) is 2. The van der Waals surface area contributed by atoms with E-state index in [-0.39, 0.29) is 24.2 Å². The molecular weight excluding hydrogens is 180 g/mol. The lowest BCUT2D eigenvalue weighted by Gasteiger charge is -2.35. The third-order valence-corrected chi connectivity index (χ3v) is 3.06. The summed E-state index contributed by atoms with van der Waals surface area (Å²) in [6, 6.07) is 0.271.